The highest BCUT2D eigenvalue weighted by Crippen LogP contribution is 2.20. The Morgan fingerprint density at radius 1 is 1.36 bits per heavy atom. The van der Waals surface area contributed by atoms with E-state index in [0.29, 0.717) is 18.0 Å². The highest BCUT2D eigenvalue weighted by molar-refractivity contribution is 6.31. The molecule has 0 fully saturated rings. The van der Waals surface area contributed by atoms with Crippen LogP contribution in [0, 0.1) is 5.92 Å². The van der Waals surface area contributed by atoms with Crippen LogP contribution in [0.3, 0.4) is 0 Å². The maximum Gasteiger partial charge on any atom is 0.310 e. The van der Waals surface area contributed by atoms with Crippen LogP contribution in [0.4, 0.5) is 0 Å². The molecule has 1 amide bonds. The van der Waals surface area contributed by atoms with Crippen LogP contribution in [0.2, 0.25) is 5.02 Å². The monoisotopic (exact) mass is 321 g/mol. The van der Waals surface area contributed by atoms with Gasteiger partial charge in [-0.2, -0.15) is 0 Å². The Bertz CT molecular complexity index is 571. The summed E-state index contributed by atoms with van der Waals surface area (Å²) in [5.74, 6) is -0.756. The van der Waals surface area contributed by atoms with Gasteiger partial charge in [-0.15, -0.1) is 0 Å². The second kappa shape index (κ2) is 7.99. The Labute approximate surface area is 135 Å². The Morgan fingerprint density at radius 2 is 2.14 bits per heavy atom. The number of carbonyl (C=O) groups is 2. The van der Waals surface area contributed by atoms with Gasteiger partial charge in [0.15, 0.2) is 6.10 Å². The van der Waals surface area contributed by atoms with Gasteiger partial charge in [-0.05, 0) is 37.8 Å². The number of allylic oxidation sites excluding steroid dienone is 2. The van der Waals surface area contributed by atoms with Gasteiger partial charge in [0.25, 0.3) is 5.91 Å². The second-order valence-electron chi connectivity index (χ2n) is 5.37. The van der Waals surface area contributed by atoms with E-state index in [1.165, 1.54) is 0 Å². The fourth-order valence-electron chi connectivity index (χ4n) is 2.30. The van der Waals surface area contributed by atoms with E-state index in [-0.39, 0.29) is 17.8 Å². The van der Waals surface area contributed by atoms with Gasteiger partial charge in [-0.25, -0.2) is 0 Å². The summed E-state index contributed by atoms with van der Waals surface area (Å²) in [6.07, 6.45) is 5.59. The Morgan fingerprint density at radius 3 is 2.82 bits per heavy atom. The molecule has 1 aromatic carbocycles. The van der Waals surface area contributed by atoms with Crippen molar-refractivity contribution in [2.75, 3.05) is 0 Å². The van der Waals surface area contributed by atoms with Gasteiger partial charge >= 0.3 is 5.97 Å². The lowest BCUT2D eigenvalue weighted by Gasteiger charge is -2.19. The molecule has 0 radical (unpaired) electrons. The van der Waals surface area contributed by atoms with E-state index < -0.39 is 6.10 Å². The Balaban J connectivity index is 1.80. The summed E-state index contributed by atoms with van der Waals surface area (Å²) in [6.45, 7) is 1.89. The van der Waals surface area contributed by atoms with E-state index in [1.807, 2.05) is 24.3 Å². The van der Waals surface area contributed by atoms with Crippen molar-refractivity contribution in [2.24, 2.45) is 5.92 Å². The Hall–Kier alpha value is -1.81. The number of rotatable bonds is 5. The minimum absolute atomic E-state index is 0.135. The molecule has 0 aliphatic heterocycles. The van der Waals surface area contributed by atoms with Crippen molar-refractivity contribution in [1.82, 2.24) is 5.32 Å². The lowest BCUT2D eigenvalue weighted by molar-refractivity contribution is -0.159. The lowest BCUT2D eigenvalue weighted by atomic mass is 9.95. The molecular formula is C17H20ClNO3. The standard InChI is InChI=1S/C17H20ClNO3/c1-12(22-17(21)13-7-3-2-4-8-13)16(20)19-11-14-9-5-6-10-15(14)18/h2-3,5-6,9-10,12-13H,4,7-8,11H2,1H3,(H,19,20)/t12-,13-/m0/s1. The molecule has 118 valence electrons. The van der Waals surface area contributed by atoms with E-state index in [0.717, 1.165) is 18.4 Å². The van der Waals surface area contributed by atoms with Crippen molar-refractivity contribution >= 4 is 23.5 Å². The van der Waals surface area contributed by atoms with E-state index in [9.17, 15) is 9.59 Å². The van der Waals surface area contributed by atoms with Gasteiger partial charge < -0.3 is 10.1 Å². The number of halogens is 1. The van der Waals surface area contributed by atoms with E-state index in [4.69, 9.17) is 16.3 Å². The maximum absolute atomic E-state index is 12.0. The van der Waals surface area contributed by atoms with Crippen molar-refractivity contribution in [3.8, 4) is 0 Å². The van der Waals surface area contributed by atoms with Crippen molar-refractivity contribution in [3.63, 3.8) is 0 Å². The van der Waals surface area contributed by atoms with Gasteiger partial charge in [0.1, 0.15) is 0 Å². The second-order valence-corrected chi connectivity index (χ2v) is 5.78. The van der Waals surface area contributed by atoms with E-state index in [2.05, 4.69) is 11.4 Å². The van der Waals surface area contributed by atoms with Gasteiger partial charge in [0, 0.05) is 11.6 Å². The SMILES string of the molecule is C[C@H](OC(=O)[C@H]1CC=CCC1)C(=O)NCc1ccccc1Cl. The molecule has 2 rings (SSSR count). The summed E-state index contributed by atoms with van der Waals surface area (Å²) in [6, 6.07) is 7.29. The molecule has 1 aromatic rings. The van der Waals surface area contributed by atoms with Gasteiger partial charge in [-0.1, -0.05) is 42.0 Å². The number of hydrogen-bond donors (Lipinski definition) is 1. The van der Waals surface area contributed by atoms with E-state index in [1.54, 1.807) is 13.0 Å². The van der Waals surface area contributed by atoms with Crippen molar-refractivity contribution in [3.05, 3.63) is 47.0 Å². The number of esters is 1. The fraction of sp³-hybridized carbons (Fsp3) is 0.412. The highest BCUT2D eigenvalue weighted by atomic mass is 35.5. The largest absolute Gasteiger partial charge is 0.452 e. The summed E-state index contributed by atoms with van der Waals surface area (Å²) >= 11 is 6.03. The number of amides is 1. The predicted molar refractivity (Wildman–Crippen MR) is 85.3 cm³/mol. The van der Waals surface area contributed by atoms with Crippen LogP contribution in [0.5, 0.6) is 0 Å². The first-order valence-corrected chi connectivity index (χ1v) is 7.82. The summed E-state index contributed by atoms with van der Waals surface area (Å²) in [5, 5.41) is 3.33. The third kappa shape index (κ3) is 4.60. The molecule has 5 heteroatoms. The van der Waals surface area contributed by atoms with Crippen molar-refractivity contribution in [1.29, 1.82) is 0 Å². The molecule has 0 bridgehead atoms. The molecule has 1 aliphatic carbocycles. The zero-order chi connectivity index (χ0) is 15.9. The molecule has 0 heterocycles. The molecule has 0 unspecified atom stereocenters. The summed E-state index contributed by atoms with van der Waals surface area (Å²) in [5.41, 5.74) is 0.827. The lowest BCUT2D eigenvalue weighted by Crippen LogP contribution is -2.37. The normalized spacial score (nSPS) is 18.5. The molecule has 0 aromatic heterocycles. The number of benzene rings is 1. The number of hydrogen-bond acceptors (Lipinski definition) is 3. The van der Waals surface area contributed by atoms with Gasteiger partial charge in [-0.3, -0.25) is 9.59 Å². The number of ether oxygens (including phenoxy) is 1. The molecule has 1 aliphatic rings. The van der Waals surface area contributed by atoms with Crippen LogP contribution in [0.25, 0.3) is 0 Å². The molecule has 4 nitrogen and oxygen atoms in total. The van der Waals surface area contributed by atoms with Crippen LogP contribution in [-0.4, -0.2) is 18.0 Å². The van der Waals surface area contributed by atoms with Crippen molar-refractivity contribution < 1.29 is 14.3 Å². The predicted octanol–water partition coefficient (Wildman–Crippen LogP) is 3.24. The van der Waals surface area contributed by atoms with Crippen LogP contribution in [0.15, 0.2) is 36.4 Å². The van der Waals surface area contributed by atoms with Crippen LogP contribution in [-0.2, 0) is 20.9 Å². The Kier molecular flexibility index (Phi) is 6.01. The van der Waals surface area contributed by atoms with Crippen LogP contribution >= 0.6 is 11.6 Å². The summed E-state index contributed by atoms with van der Waals surface area (Å²) in [4.78, 5) is 24.0. The number of nitrogens with one attached hydrogen (secondary N) is 1. The highest BCUT2D eigenvalue weighted by Gasteiger charge is 2.24. The third-order valence-electron chi connectivity index (χ3n) is 3.68. The smallest absolute Gasteiger partial charge is 0.310 e. The topological polar surface area (TPSA) is 55.4 Å². The fourth-order valence-corrected chi connectivity index (χ4v) is 2.50. The minimum atomic E-state index is -0.805. The molecule has 0 spiro atoms. The molecular weight excluding hydrogens is 302 g/mol. The average Bonchev–Trinajstić information content (AvgIpc) is 2.54. The first-order chi connectivity index (χ1) is 10.6. The minimum Gasteiger partial charge on any atom is -0.452 e. The molecule has 2 atom stereocenters. The molecule has 0 saturated carbocycles. The molecule has 1 N–H and O–H groups in total. The molecule has 22 heavy (non-hydrogen) atoms. The maximum atomic E-state index is 12.0. The van der Waals surface area contributed by atoms with Crippen LogP contribution < -0.4 is 5.32 Å². The molecule has 0 saturated heterocycles. The third-order valence-corrected chi connectivity index (χ3v) is 4.04. The quantitative estimate of drug-likeness (QED) is 0.669. The summed E-state index contributed by atoms with van der Waals surface area (Å²) in [7, 11) is 0. The van der Waals surface area contributed by atoms with E-state index >= 15 is 0 Å². The first-order valence-electron chi connectivity index (χ1n) is 7.44. The van der Waals surface area contributed by atoms with Crippen LogP contribution in [0.1, 0.15) is 31.7 Å². The van der Waals surface area contributed by atoms with Gasteiger partial charge in [0.05, 0.1) is 5.92 Å². The summed E-state index contributed by atoms with van der Waals surface area (Å²) < 4.78 is 5.25. The van der Waals surface area contributed by atoms with Gasteiger partial charge in [0.2, 0.25) is 0 Å². The number of carbonyl (C=O) groups excluding carboxylic acids is 2. The average molecular weight is 322 g/mol. The zero-order valence-corrected chi connectivity index (χ0v) is 13.3. The first kappa shape index (κ1) is 16.6. The van der Waals surface area contributed by atoms with Crippen molar-refractivity contribution in [2.45, 2.75) is 38.8 Å². The zero-order valence-electron chi connectivity index (χ0n) is 12.5.